The van der Waals surface area contributed by atoms with Crippen molar-refractivity contribution in [2.45, 2.75) is 57.9 Å². The molecule has 0 aromatic carbocycles. The lowest BCUT2D eigenvalue weighted by molar-refractivity contribution is -0.126. The van der Waals surface area contributed by atoms with E-state index in [1.165, 1.54) is 0 Å². The molecule has 0 aromatic rings. The summed E-state index contributed by atoms with van der Waals surface area (Å²) in [5.41, 5.74) is 5.01. The maximum absolute atomic E-state index is 12.1. The molecule has 0 bridgehead atoms. The Morgan fingerprint density at radius 2 is 1.94 bits per heavy atom. The molecule has 0 spiro atoms. The van der Waals surface area contributed by atoms with Crippen LogP contribution < -0.4 is 11.1 Å². The Labute approximate surface area is 102 Å². The third-order valence-electron chi connectivity index (χ3n) is 3.89. The van der Waals surface area contributed by atoms with Crippen LogP contribution in [0.5, 0.6) is 0 Å². The fourth-order valence-electron chi connectivity index (χ4n) is 2.47. The van der Waals surface area contributed by atoms with Crippen molar-refractivity contribution in [1.82, 2.24) is 5.32 Å². The van der Waals surface area contributed by atoms with Crippen molar-refractivity contribution < 1.29 is 10.0 Å². The van der Waals surface area contributed by atoms with Crippen LogP contribution in [0.15, 0.2) is 5.16 Å². The maximum atomic E-state index is 12.1. The molecule has 5 heteroatoms. The lowest BCUT2D eigenvalue weighted by Gasteiger charge is -2.32. The quantitative estimate of drug-likeness (QED) is 0.296. The summed E-state index contributed by atoms with van der Waals surface area (Å²) in [6.07, 6.45) is 5.38. The first-order chi connectivity index (χ1) is 8.09. The van der Waals surface area contributed by atoms with E-state index in [1.807, 2.05) is 13.8 Å². The van der Waals surface area contributed by atoms with Gasteiger partial charge in [0, 0.05) is 5.92 Å². The van der Waals surface area contributed by atoms with E-state index in [9.17, 15) is 4.79 Å². The largest absolute Gasteiger partial charge is 0.409 e. The first kappa shape index (κ1) is 13.8. The molecule has 5 nitrogen and oxygen atoms in total. The molecule has 1 aliphatic rings. The average molecular weight is 241 g/mol. The first-order valence-electron chi connectivity index (χ1n) is 6.39. The normalized spacial score (nSPS) is 18.4. The predicted octanol–water partition coefficient (Wildman–Crippen LogP) is 1.60. The van der Waals surface area contributed by atoms with E-state index in [-0.39, 0.29) is 17.7 Å². The van der Waals surface area contributed by atoms with Gasteiger partial charge in [-0.25, -0.2) is 0 Å². The Morgan fingerprint density at radius 1 is 1.41 bits per heavy atom. The number of carbonyl (C=O) groups excluding carboxylic acids is 1. The summed E-state index contributed by atoms with van der Waals surface area (Å²) in [6.45, 7) is 3.85. The number of amidine groups is 1. The highest BCUT2D eigenvalue weighted by molar-refractivity contribution is 5.94. The van der Waals surface area contributed by atoms with Crippen molar-refractivity contribution in [3.63, 3.8) is 0 Å². The van der Waals surface area contributed by atoms with Crippen LogP contribution in [-0.4, -0.2) is 22.5 Å². The molecule has 0 radical (unpaired) electrons. The van der Waals surface area contributed by atoms with Gasteiger partial charge in [0.15, 0.2) is 5.84 Å². The number of nitrogens with one attached hydrogen (secondary N) is 1. The zero-order valence-corrected chi connectivity index (χ0v) is 10.7. The van der Waals surface area contributed by atoms with Crippen molar-refractivity contribution in [2.75, 3.05) is 0 Å². The molecule has 1 rings (SSSR count). The molecule has 98 valence electrons. The van der Waals surface area contributed by atoms with Crippen LogP contribution >= 0.6 is 0 Å². The number of nitrogens with zero attached hydrogens (tertiary/aromatic N) is 1. The van der Waals surface area contributed by atoms with Gasteiger partial charge in [0.2, 0.25) is 5.91 Å². The standard InChI is InChI=1S/C12H23N3O2/c1-3-12(4-2,11(13)15-17)14-10(16)9-7-5-6-8-9/h9,17H,3-8H2,1-2H3,(H2,13,15)(H,14,16). The van der Waals surface area contributed by atoms with E-state index in [0.29, 0.717) is 12.8 Å². The summed E-state index contributed by atoms with van der Waals surface area (Å²) >= 11 is 0. The highest BCUT2D eigenvalue weighted by atomic mass is 16.4. The molecular weight excluding hydrogens is 218 g/mol. The topological polar surface area (TPSA) is 87.7 Å². The Kier molecular flexibility index (Phi) is 4.78. The number of rotatable bonds is 5. The fourth-order valence-corrected chi connectivity index (χ4v) is 2.47. The summed E-state index contributed by atoms with van der Waals surface area (Å²) in [7, 11) is 0. The molecule has 1 fully saturated rings. The van der Waals surface area contributed by atoms with Gasteiger partial charge < -0.3 is 16.3 Å². The molecule has 0 aromatic heterocycles. The Bertz CT molecular complexity index is 292. The molecule has 0 saturated heterocycles. The Morgan fingerprint density at radius 3 is 2.35 bits per heavy atom. The van der Waals surface area contributed by atoms with Crippen LogP contribution in [-0.2, 0) is 4.79 Å². The number of hydrogen-bond donors (Lipinski definition) is 3. The number of nitrogens with two attached hydrogens (primary N) is 1. The van der Waals surface area contributed by atoms with Crippen molar-refractivity contribution in [3.8, 4) is 0 Å². The van der Waals surface area contributed by atoms with Gasteiger partial charge in [0.05, 0.1) is 0 Å². The summed E-state index contributed by atoms with van der Waals surface area (Å²) in [6, 6.07) is 0. The molecule has 0 aliphatic heterocycles. The minimum Gasteiger partial charge on any atom is -0.409 e. The predicted molar refractivity (Wildman–Crippen MR) is 66.8 cm³/mol. The fraction of sp³-hybridized carbons (Fsp3) is 0.833. The van der Waals surface area contributed by atoms with Gasteiger partial charge >= 0.3 is 0 Å². The molecule has 1 aliphatic carbocycles. The van der Waals surface area contributed by atoms with Gasteiger partial charge in [0.25, 0.3) is 0 Å². The van der Waals surface area contributed by atoms with Crippen molar-refractivity contribution >= 4 is 11.7 Å². The number of hydrogen-bond acceptors (Lipinski definition) is 3. The van der Waals surface area contributed by atoms with E-state index in [4.69, 9.17) is 10.9 Å². The number of oxime groups is 1. The van der Waals surface area contributed by atoms with Gasteiger partial charge in [-0.3, -0.25) is 4.79 Å². The monoisotopic (exact) mass is 241 g/mol. The molecule has 17 heavy (non-hydrogen) atoms. The van der Waals surface area contributed by atoms with Crippen LogP contribution in [0.3, 0.4) is 0 Å². The van der Waals surface area contributed by atoms with E-state index < -0.39 is 5.54 Å². The van der Waals surface area contributed by atoms with Crippen molar-refractivity contribution in [3.05, 3.63) is 0 Å². The summed E-state index contributed by atoms with van der Waals surface area (Å²) < 4.78 is 0. The minimum atomic E-state index is -0.700. The van der Waals surface area contributed by atoms with Crippen LogP contribution in [0.4, 0.5) is 0 Å². The van der Waals surface area contributed by atoms with Crippen LogP contribution in [0.2, 0.25) is 0 Å². The van der Waals surface area contributed by atoms with Crippen molar-refractivity contribution in [2.24, 2.45) is 16.8 Å². The summed E-state index contributed by atoms with van der Waals surface area (Å²) in [4.78, 5) is 12.1. The summed E-state index contributed by atoms with van der Waals surface area (Å²) in [5, 5.41) is 14.9. The number of carbonyl (C=O) groups is 1. The number of amides is 1. The molecule has 0 atom stereocenters. The van der Waals surface area contributed by atoms with E-state index in [2.05, 4.69) is 10.5 Å². The molecule has 1 amide bonds. The Hall–Kier alpha value is -1.26. The van der Waals surface area contributed by atoms with Gasteiger partial charge in [-0.2, -0.15) is 0 Å². The summed E-state index contributed by atoms with van der Waals surface area (Å²) in [5.74, 6) is 0.227. The van der Waals surface area contributed by atoms with Gasteiger partial charge in [0.1, 0.15) is 5.54 Å². The first-order valence-corrected chi connectivity index (χ1v) is 6.39. The zero-order chi connectivity index (χ0) is 12.9. The van der Waals surface area contributed by atoms with Gasteiger partial charge in [-0.05, 0) is 25.7 Å². The van der Waals surface area contributed by atoms with Crippen LogP contribution in [0.25, 0.3) is 0 Å². The van der Waals surface area contributed by atoms with Crippen molar-refractivity contribution in [1.29, 1.82) is 0 Å². The maximum Gasteiger partial charge on any atom is 0.223 e. The molecule has 0 unspecified atom stereocenters. The average Bonchev–Trinajstić information content (AvgIpc) is 2.88. The molecule has 0 heterocycles. The second kappa shape index (κ2) is 5.89. The van der Waals surface area contributed by atoms with E-state index in [1.54, 1.807) is 0 Å². The molecule has 4 N–H and O–H groups in total. The van der Waals surface area contributed by atoms with E-state index in [0.717, 1.165) is 25.7 Å². The third kappa shape index (κ3) is 2.90. The van der Waals surface area contributed by atoms with E-state index >= 15 is 0 Å². The smallest absolute Gasteiger partial charge is 0.223 e. The Balaban J connectivity index is 2.75. The van der Waals surface area contributed by atoms with Gasteiger partial charge in [-0.15, -0.1) is 0 Å². The SMILES string of the molecule is CCC(CC)(NC(=O)C1CCCC1)/C(N)=N/O. The zero-order valence-electron chi connectivity index (χ0n) is 10.7. The third-order valence-corrected chi connectivity index (χ3v) is 3.89. The van der Waals surface area contributed by atoms with Crippen LogP contribution in [0, 0.1) is 5.92 Å². The highest BCUT2D eigenvalue weighted by Crippen LogP contribution is 2.26. The highest BCUT2D eigenvalue weighted by Gasteiger charge is 2.35. The minimum absolute atomic E-state index is 0.0396. The lowest BCUT2D eigenvalue weighted by Crippen LogP contribution is -2.57. The van der Waals surface area contributed by atoms with Gasteiger partial charge in [-0.1, -0.05) is 31.8 Å². The second-order valence-electron chi connectivity index (χ2n) is 4.75. The lowest BCUT2D eigenvalue weighted by atomic mass is 9.90. The molecular formula is C12H23N3O2. The second-order valence-corrected chi connectivity index (χ2v) is 4.75. The molecule has 1 saturated carbocycles. The van der Waals surface area contributed by atoms with Crippen LogP contribution in [0.1, 0.15) is 52.4 Å².